The summed E-state index contributed by atoms with van der Waals surface area (Å²) in [5.74, 6) is 0.0786. The van der Waals surface area contributed by atoms with Crippen LogP contribution in [0.4, 0.5) is 0 Å². The van der Waals surface area contributed by atoms with Crippen molar-refractivity contribution in [1.82, 2.24) is 0 Å². The van der Waals surface area contributed by atoms with E-state index in [2.05, 4.69) is 31.9 Å². The van der Waals surface area contributed by atoms with Crippen LogP contribution in [0.25, 0.3) is 0 Å². The zero-order chi connectivity index (χ0) is 11.7. The van der Waals surface area contributed by atoms with Crippen molar-refractivity contribution in [3.8, 4) is 0 Å². The van der Waals surface area contributed by atoms with Gasteiger partial charge in [0.15, 0.2) is 10.4 Å². The maximum atomic E-state index is 12.0. The van der Waals surface area contributed by atoms with Gasteiger partial charge in [-0.15, -0.1) is 0 Å². The van der Waals surface area contributed by atoms with Gasteiger partial charge >= 0.3 is 0 Å². The van der Waals surface area contributed by atoms with Gasteiger partial charge < -0.3 is 4.42 Å². The molecule has 2 rings (SSSR count). The second-order valence-corrected chi connectivity index (χ2v) is 5.22. The van der Waals surface area contributed by atoms with Gasteiger partial charge in [-0.05, 0) is 46.3 Å². The molecule has 1 aromatic carbocycles. The molecule has 0 saturated heterocycles. The summed E-state index contributed by atoms with van der Waals surface area (Å²) in [6.07, 6.45) is 0. The predicted molar refractivity (Wildman–Crippen MR) is 69.0 cm³/mol. The Balaban J connectivity index is 2.41. The third kappa shape index (κ3) is 2.56. The summed E-state index contributed by atoms with van der Waals surface area (Å²) in [5.41, 5.74) is 0.487. The number of hydrogen-bond donors (Lipinski definition) is 0. The SMILES string of the molecule is O=C(c1cc(Cl)cc(Br)c1)c1ccc(Br)o1. The maximum Gasteiger partial charge on any atom is 0.228 e. The largest absolute Gasteiger partial charge is 0.446 e. The molecular weight excluding hydrogens is 359 g/mol. The lowest BCUT2D eigenvalue weighted by Gasteiger charge is -2.00. The molecule has 1 heterocycles. The molecule has 5 heteroatoms. The van der Waals surface area contributed by atoms with E-state index in [-0.39, 0.29) is 11.5 Å². The minimum absolute atomic E-state index is 0.200. The summed E-state index contributed by atoms with van der Waals surface area (Å²) < 4.78 is 6.47. The molecule has 0 aliphatic rings. The molecule has 0 spiro atoms. The lowest BCUT2D eigenvalue weighted by atomic mass is 10.1. The van der Waals surface area contributed by atoms with E-state index in [0.29, 0.717) is 15.3 Å². The van der Waals surface area contributed by atoms with E-state index in [4.69, 9.17) is 16.0 Å². The summed E-state index contributed by atoms with van der Waals surface area (Å²) in [5, 5.41) is 0.503. The number of furan rings is 1. The highest BCUT2D eigenvalue weighted by atomic mass is 79.9. The Bertz CT molecular complexity index is 528. The van der Waals surface area contributed by atoms with Crippen LogP contribution in [0, 0.1) is 0 Å². The number of hydrogen-bond acceptors (Lipinski definition) is 2. The van der Waals surface area contributed by atoms with Gasteiger partial charge in [0.25, 0.3) is 0 Å². The Morgan fingerprint density at radius 2 is 1.94 bits per heavy atom. The fourth-order valence-electron chi connectivity index (χ4n) is 1.26. The van der Waals surface area contributed by atoms with Crippen LogP contribution in [0.1, 0.15) is 16.1 Å². The molecule has 0 aliphatic heterocycles. The van der Waals surface area contributed by atoms with Gasteiger partial charge in [-0.25, -0.2) is 0 Å². The highest BCUT2D eigenvalue weighted by molar-refractivity contribution is 9.10. The molecule has 0 fully saturated rings. The standard InChI is InChI=1S/C11H5Br2ClO2/c12-7-3-6(4-8(14)5-7)11(15)9-1-2-10(13)16-9/h1-5H. The summed E-state index contributed by atoms with van der Waals surface area (Å²) >= 11 is 12.3. The van der Waals surface area contributed by atoms with Gasteiger partial charge in [0.1, 0.15) is 0 Å². The predicted octanol–water partition coefficient (Wildman–Crippen LogP) is 4.69. The average Bonchev–Trinajstić information content (AvgIpc) is 2.62. The summed E-state index contributed by atoms with van der Waals surface area (Å²) in [6.45, 7) is 0. The minimum atomic E-state index is -0.200. The Labute approximate surface area is 114 Å². The molecule has 82 valence electrons. The van der Waals surface area contributed by atoms with Crippen LogP contribution in [-0.4, -0.2) is 5.78 Å². The first kappa shape index (κ1) is 11.9. The second kappa shape index (κ2) is 4.73. The number of halogens is 3. The number of benzene rings is 1. The van der Waals surface area contributed by atoms with E-state index in [9.17, 15) is 4.79 Å². The lowest BCUT2D eigenvalue weighted by molar-refractivity contribution is 0.101. The molecule has 16 heavy (non-hydrogen) atoms. The van der Waals surface area contributed by atoms with Gasteiger partial charge in [0.2, 0.25) is 5.78 Å². The first-order valence-corrected chi connectivity index (χ1v) is 6.29. The van der Waals surface area contributed by atoms with Crippen molar-refractivity contribution in [3.05, 3.63) is 55.8 Å². The van der Waals surface area contributed by atoms with E-state index in [0.717, 1.165) is 4.47 Å². The smallest absolute Gasteiger partial charge is 0.228 e. The quantitative estimate of drug-likeness (QED) is 0.724. The zero-order valence-corrected chi connectivity index (χ0v) is 11.8. The molecule has 0 bridgehead atoms. The third-order valence-corrected chi connectivity index (χ3v) is 3.02. The molecule has 0 amide bonds. The lowest BCUT2D eigenvalue weighted by Crippen LogP contribution is -1.99. The van der Waals surface area contributed by atoms with E-state index in [1.54, 1.807) is 30.3 Å². The van der Waals surface area contributed by atoms with Crippen LogP contribution in [0.5, 0.6) is 0 Å². The molecular formula is C11H5Br2ClO2. The Morgan fingerprint density at radius 1 is 1.19 bits per heavy atom. The monoisotopic (exact) mass is 362 g/mol. The molecule has 0 saturated carbocycles. The molecule has 2 nitrogen and oxygen atoms in total. The molecule has 0 aliphatic carbocycles. The van der Waals surface area contributed by atoms with Gasteiger partial charge in [0, 0.05) is 15.1 Å². The number of carbonyl (C=O) groups excluding carboxylic acids is 1. The van der Waals surface area contributed by atoms with Crippen LogP contribution < -0.4 is 0 Å². The second-order valence-electron chi connectivity index (χ2n) is 3.09. The van der Waals surface area contributed by atoms with Crippen LogP contribution in [0.3, 0.4) is 0 Å². The van der Waals surface area contributed by atoms with E-state index >= 15 is 0 Å². The van der Waals surface area contributed by atoms with Crippen LogP contribution in [0.15, 0.2) is 43.9 Å². The molecule has 0 N–H and O–H groups in total. The van der Waals surface area contributed by atoms with Gasteiger partial charge in [-0.3, -0.25) is 4.79 Å². The maximum absolute atomic E-state index is 12.0. The van der Waals surface area contributed by atoms with Gasteiger partial charge in [0.05, 0.1) is 0 Å². The van der Waals surface area contributed by atoms with Crippen LogP contribution in [-0.2, 0) is 0 Å². The van der Waals surface area contributed by atoms with E-state index in [1.165, 1.54) is 0 Å². The summed E-state index contributed by atoms with van der Waals surface area (Å²) in [6, 6.07) is 8.31. The molecule has 0 atom stereocenters. The first-order chi connectivity index (χ1) is 7.56. The van der Waals surface area contributed by atoms with Gasteiger partial charge in [-0.1, -0.05) is 27.5 Å². The first-order valence-electron chi connectivity index (χ1n) is 4.32. The normalized spacial score (nSPS) is 10.4. The third-order valence-electron chi connectivity index (χ3n) is 1.92. The Hall–Kier alpha value is -0.580. The van der Waals surface area contributed by atoms with Crippen molar-refractivity contribution in [2.75, 3.05) is 0 Å². The van der Waals surface area contributed by atoms with E-state index in [1.807, 2.05) is 0 Å². The zero-order valence-electron chi connectivity index (χ0n) is 7.84. The summed E-state index contributed by atoms with van der Waals surface area (Å²) in [7, 11) is 0. The minimum Gasteiger partial charge on any atom is -0.446 e. The summed E-state index contributed by atoms with van der Waals surface area (Å²) in [4.78, 5) is 12.0. The molecule has 1 aromatic heterocycles. The Kier molecular flexibility index (Phi) is 3.52. The number of rotatable bonds is 2. The van der Waals surface area contributed by atoms with Crippen molar-refractivity contribution in [3.63, 3.8) is 0 Å². The fourth-order valence-corrected chi connectivity index (χ4v) is 2.43. The molecule has 0 radical (unpaired) electrons. The fraction of sp³-hybridized carbons (Fsp3) is 0. The molecule has 2 aromatic rings. The number of ketones is 1. The van der Waals surface area contributed by atoms with Gasteiger partial charge in [-0.2, -0.15) is 0 Å². The van der Waals surface area contributed by atoms with Crippen molar-refractivity contribution in [2.24, 2.45) is 0 Å². The van der Waals surface area contributed by atoms with Crippen LogP contribution >= 0.6 is 43.5 Å². The van der Waals surface area contributed by atoms with Crippen molar-refractivity contribution < 1.29 is 9.21 Å². The van der Waals surface area contributed by atoms with Crippen molar-refractivity contribution in [1.29, 1.82) is 0 Å². The Morgan fingerprint density at radius 3 is 2.50 bits per heavy atom. The average molecular weight is 364 g/mol. The molecule has 0 unspecified atom stereocenters. The highest BCUT2D eigenvalue weighted by Crippen LogP contribution is 2.23. The van der Waals surface area contributed by atoms with E-state index < -0.39 is 0 Å². The van der Waals surface area contributed by atoms with Crippen molar-refractivity contribution >= 4 is 49.2 Å². The topological polar surface area (TPSA) is 30.2 Å². The highest BCUT2D eigenvalue weighted by Gasteiger charge is 2.14. The van der Waals surface area contributed by atoms with Crippen LogP contribution in [0.2, 0.25) is 5.02 Å². The van der Waals surface area contributed by atoms with Crippen molar-refractivity contribution in [2.45, 2.75) is 0 Å². The number of carbonyl (C=O) groups is 1.